The van der Waals surface area contributed by atoms with Crippen molar-refractivity contribution in [2.24, 2.45) is 0 Å². The lowest BCUT2D eigenvalue weighted by molar-refractivity contribution is 0.0785. The number of carbonyl (C=O) groups is 1. The predicted molar refractivity (Wildman–Crippen MR) is 106 cm³/mol. The van der Waals surface area contributed by atoms with Gasteiger partial charge in [0.1, 0.15) is 11.3 Å². The number of aryl methyl sites for hydroxylation is 2. The van der Waals surface area contributed by atoms with Crippen LogP contribution in [0.3, 0.4) is 0 Å². The zero-order chi connectivity index (χ0) is 19.7. The molecule has 0 radical (unpaired) electrons. The van der Waals surface area contributed by atoms with Gasteiger partial charge < -0.3 is 13.8 Å². The Morgan fingerprint density at radius 2 is 1.86 bits per heavy atom. The molecule has 142 valence electrons. The summed E-state index contributed by atoms with van der Waals surface area (Å²) in [7, 11) is 1.80. The second-order valence-electron chi connectivity index (χ2n) is 6.74. The van der Waals surface area contributed by atoms with Crippen molar-refractivity contribution < 1.29 is 13.7 Å². The topological polar surface area (TPSA) is 72.4 Å². The third kappa shape index (κ3) is 3.29. The van der Waals surface area contributed by atoms with Gasteiger partial charge in [0.25, 0.3) is 11.8 Å². The van der Waals surface area contributed by atoms with Gasteiger partial charge in [0, 0.05) is 42.1 Å². The zero-order valence-corrected chi connectivity index (χ0v) is 16.1. The highest BCUT2D eigenvalue weighted by atomic mass is 16.5. The van der Waals surface area contributed by atoms with Crippen LogP contribution >= 0.6 is 0 Å². The van der Waals surface area contributed by atoms with E-state index in [1.807, 2.05) is 36.4 Å². The molecule has 0 aliphatic heterocycles. The highest BCUT2D eigenvalue weighted by molar-refractivity contribution is 5.94. The van der Waals surface area contributed by atoms with Gasteiger partial charge >= 0.3 is 0 Å². The van der Waals surface area contributed by atoms with Gasteiger partial charge in [-0.25, -0.2) is 0 Å². The number of carbonyl (C=O) groups excluding carboxylic acids is 1. The van der Waals surface area contributed by atoms with E-state index < -0.39 is 0 Å². The predicted octanol–water partition coefficient (Wildman–Crippen LogP) is 4.63. The van der Waals surface area contributed by atoms with Gasteiger partial charge in [-0.1, -0.05) is 30.3 Å². The summed E-state index contributed by atoms with van der Waals surface area (Å²) in [6.07, 6.45) is 0.782. The van der Waals surface area contributed by atoms with E-state index in [4.69, 9.17) is 8.94 Å². The molecule has 1 amide bonds. The summed E-state index contributed by atoms with van der Waals surface area (Å²) in [6.45, 7) is 4.31. The molecule has 0 atom stereocenters. The second-order valence-corrected chi connectivity index (χ2v) is 6.74. The summed E-state index contributed by atoms with van der Waals surface area (Å²) in [6, 6.07) is 15.1. The van der Waals surface area contributed by atoms with E-state index in [1.165, 1.54) is 0 Å². The van der Waals surface area contributed by atoms with Crippen LogP contribution in [0, 0.1) is 6.92 Å². The molecule has 2 aromatic carbocycles. The minimum absolute atomic E-state index is 0.0550. The molecular weight excluding hydrogens is 354 g/mol. The molecule has 0 N–H and O–H groups in total. The Bertz CT molecular complexity index is 1130. The van der Waals surface area contributed by atoms with Crippen LogP contribution in [0.2, 0.25) is 0 Å². The van der Waals surface area contributed by atoms with Gasteiger partial charge in [-0.05, 0) is 37.3 Å². The SMILES string of the molecule is CCc1oc2ccccc2c1CN(C)C(=O)c1ccc(-c2nc(C)no2)cc1. The molecule has 0 fully saturated rings. The van der Waals surface area contributed by atoms with Crippen LogP contribution in [-0.4, -0.2) is 28.0 Å². The number of para-hydroxylation sites is 1. The lowest BCUT2D eigenvalue weighted by atomic mass is 10.1. The lowest BCUT2D eigenvalue weighted by Crippen LogP contribution is -2.26. The van der Waals surface area contributed by atoms with Crippen LogP contribution in [0.5, 0.6) is 0 Å². The average Bonchev–Trinajstić information content (AvgIpc) is 3.31. The Kier molecular flexibility index (Phi) is 4.69. The van der Waals surface area contributed by atoms with E-state index in [0.29, 0.717) is 23.8 Å². The lowest BCUT2D eigenvalue weighted by Gasteiger charge is -2.17. The van der Waals surface area contributed by atoms with Gasteiger partial charge in [-0.15, -0.1) is 0 Å². The molecule has 0 unspecified atom stereocenters. The highest BCUT2D eigenvalue weighted by Gasteiger charge is 2.18. The minimum Gasteiger partial charge on any atom is -0.461 e. The van der Waals surface area contributed by atoms with Crippen molar-refractivity contribution in [3.63, 3.8) is 0 Å². The Labute approximate surface area is 162 Å². The van der Waals surface area contributed by atoms with Crippen molar-refractivity contribution in [1.29, 1.82) is 0 Å². The molecule has 0 saturated carbocycles. The number of benzene rings is 2. The number of furan rings is 1. The monoisotopic (exact) mass is 375 g/mol. The van der Waals surface area contributed by atoms with E-state index in [-0.39, 0.29) is 5.91 Å². The maximum Gasteiger partial charge on any atom is 0.257 e. The molecule has 0 aliphatic rings. The fourth-order valence-electron chi connectivity index (χ4n) is 3.31. The number of nitrogens with zero attached hydrogens (tertiary/aromatic N) is 3. The van der Waals surface area contributed by atoms with Crippen LogP contribution in [-0.2, 0) is 13.0 Å². The maximum atomic E-state index is 12.9. The number of hydrogen-bond donors (Lipinski definition) is 0. The molecule has 2 aromatic heterocycles. The quantitative estimate of drug-likeness (QED) is 0.509. The number of amides is 1. The first-order chi connectivity index (χ1) is 13.6. The zero-order valence-electron chi connectivity index (χ0n) is 16.1. The Hall–Kier alpha value is -3.41. The van der Waals surface area contributed by atoms with Crippen molar-refractivity contribution in [1.82, 2.24) is 15.0 Å². The van der Waals surface area contributed by atoms with E-state index >= 15 is 0 Å². The number of rotatable bonds is 5. The number of fused-ring (bicyclic) bond motifs is 1. The van der Waals surface area contributed by atoms with E-state index in [0.717, 1.165) is 34.3 Å². The normalized spacial score (nSPS) is 11.1. The average molecular weight is 375 g/mol. The first-order valence-corrected chi connectivity index (χ1v) is 9.22. The molecule has 0 aliphatic carbocycles. The fraction of sp³-hybridized carbons (Fsp3) is 0.227. The summed E-state index contributed by atoms with van der Waals surface area (Å²) in [4.78, 5) is 18.8. The molecule has 6 nitrogen and oxygen atoms in total. The third-order valence-electron chi connectivity index (χ3n) is 4.75. The molecular formula is C22H21N3O3. The van der Waals surface area contributed by atoms with E-state index in [1.54, 1.807) is 31.0 Å². The van der Waals surface area contributed by atoms with Gasteiger partial charge in [0.2, 0.25) is 0 Å². The van der Waals surface area contributed by atoms with Gasteiger partial charge in [-0.3, -0.25) is 4.79 Å². The van der Waals surface area contributed by atoms with Crippen LogP contribution in [0.15, 0.2) is 57.5 Å². The van der Waals surface area contributed by atoms with Crippen molar-refractivity contribution in [2.75, 3.05) is 7.05 Å². The summed E-state index contributed by atoms with van der Waals surface area (Å²) < 4.78 is 11.1. The van der Waals surface area contributed by atoms with E-state index in [9.17, 15) is 4.79 Å². The first-order valence-electron chi connectivity index (χ1n) is 9.22. The van der Waals surface area contributed by atoms with Gasteiger partial charge in [0.15, 0.2) is 5.82 Å². The standard InChI is InChI=1S/C22H21N3O3/c1-4-19-18(17-7-5-6-8-20(17)27-19)13-25(3)22(26)16-11-9-15(10-12-16)21-23-14(2)24-28-21/h5-12H,4,13H2,1-3H3. The molecule has 28 heavy (non-hydrogen) atoms. The smallest absolute Gasteiger partial charge is 0.257 e. The van der Waals surface area contributed by atoms with Crippen LogP contribution in [0.1, 0.15) is 34.4 Å². The molecule has 0 bridgehead atoms. The van der Waals surface area contributed by atoms with Gasteiger partial charge in [0.05, 0.1) is 0 Å². The Balaban J connectivity index is 1.55. The summed E-state index contributed by atoms with van der Waals surface area (Å²) in [5.41, 5.74) is 3.31. The van der Waals surface area contributed by atoms with E-state index in [2.05, 4.69) is 17.1 Å². The third-order valence-corrected chi connectivity index (χ3v) is 4.75. The Morgan fingerprint density at radius 3 is 2.54 bits per heavy atom. The largest absolute Gasteiger partial charge is 0.461 e. The van der Waals surface area contributed by atoms with Crippen molar-refractivity contribution >= 4 is 16.9 Å². The maximum absolute atomic E-state index is 12.9. The summed E-state index contributed by atoms with van der Waals surface area (Å²) >= 11 is 0. The molecule has 4 rings (SSSR count). The fourth-order valence-corrected chi connectivity index (χ4v) is 3.31. The summed E-state index contributed by atoms with van der Waals surface area (Å²) in [5.74, 6) is 1.89. The van der Waals surface area contributed by atoms with Crippen LogP contribution in [0.4, 0.5) is 0 Å². The van der Waals surface area contributed by atoms with Crippen molar-refractivity contribution in [3.8, 4) is 11.5 Å². The molecule has 2 heterocycles. The highest BCUT2D eigenvalue weighted by Crippen LogP contribution is 2.28. The van der Waals surface area contributed by atoms with Crippen LogP contribution < -0.4 is 0 Å². The van der Waals surface area contributed by atoms with Crippen molar-refractivity contribution in [3.05, 3.63) is 71.2 Å². The van der Waals surface area contributed by atoms with Crippen LogP contribution in [0.25, 0.3) is 22.4 Å². The second kappa shape index (κ2) is 7.31. The van der Waals surface area contributed by atoms with Crippen molar-refractivity contribution in [2.45, 2.75) is 26.8 Å². The number of aromatic nitrogens is 2. The molecule has 0 saturated heterocycles. The molecule has 4 aromatic rings. The number of hydrogen-bond acceptors (Lipinski definition) is 5. The molecule has 6 heteroatoms. The first kappa shape index (κ1) is 18.0. The Morgan fingerprint density at radius 1 is 1.11 bits per heavy atom. The minimum atomic E-state index is -0.0550. The van der Waals surface area contributed by atoms with Gasteiger partial charge in [-0.2, -0.15) is 4.98 Å². The summed E-state index contributed by atoms with van der Waals surface area (Å²) in [5, 5.41) is 4.85. The molecule has 0 spiro atoms.